The third kappa shape index (κ3) is 9.36. The molecule has 3 N–H and O–H groups in total. The number of benzene rings is 2. The van der Waals surface area contributed by atoms with Crippen LogP contribution in [0.1, 0.15) is 30.9 Å². The quantitative estimate of drug-likeness (QED) is 0.268. The van der Waals surface area contributed by atoms with E-state index in [0.29, 0.717) is 31.3 Å². The second-order valence-corrected chi connectivity index (χ2v) is 11.9. The molecule has 0 fully saturated rings. The van der Waals surface area contributed by atoms with Crippen LogP contribution in [0.3, 0.4) is 0 Å². The Kier molecular flexibility index (Phi) is 12.9. The molecule has 10 nitrogen and oxygen atoms in total. The van der Waals surface area contributed by atoms with Crippen molar-refractivity contribution in [2.75, 3.05) is 58.9 Å². The SMILES string of the molecule is CCN(CCOC)C(=O)NC(C(=O)N1C[C@@H](CN(C)C)Cc2cc(Cl)ccc21)C(C)c1c[nH]c2ccccc12.O=C(O)C(F)(F)F. The summed E-state index contributed by atoms with van der Waals surface area (Å²) in [6, 6.07) is 12.7. The molecule has 0 saturated carbocycles. The number of alkyl halides is 3. The third-order valence-corrected chi connectivity index (χ3v) is 8.04. The summed E-state index contributed by atoms with van der Waals surface area (Å²) in [4.78, 5) is 45.9. The molecule has 46 heavy (non-hydrogen) atoms. The predicted molar refractivity (Wildman–Crippen MR) is 171 cm³/mol. The minimum absolute atomic E-state index is 0.129. The van der Waals surface area contributed by atoms with Crippen molar-refractivity contribution in [1.29, 1.82) is 0 Å². The first-order valence-corrected chi connectivity index (χ1v) is 15.2. The maximum absolute atomic E-state index is 14.5. The number of ether oxygens (including phenoxy) is 1. The number of carbonyl (C=O) groups excluding carboxylic acids is 2. The van der Waals surface area contributed by atoms with Crippen LogP contribution in [-0.2, 0) is 20.7 Å². The van der Waals surface area contributed by atoms with Gasteiger partial charge in [0.25, 0.3) is 0 Å². The van der Waals surface area contributed by atoms with Crippen LogP contribution in [-0.4, -0.2) is 104 Å². The first kappa shape index (κ1) is 36.7. The number of nitrogens with zero attached hydrogens (tertiary/aromatic N) is 3. The number of amides is 3. The molecular weight excluding hydrogens is 627 g/mol. The number of likely N-dealkylation sites (N-methyl/N-ethyl adjacent to an activating group) is 1. The number of H-pyrrole nitrogens is 1. The number of aromatic nitrogens is 1. The van der Waals surface area contributed by atoms with Gasteiger partial charge in [0, 0.05) is 67.0 Å². The first-order chi connectivity index (χ1) is 21.7. The number of anilines is 1. The molecule has 2 heterocycles. The number of carboxylic acids is 1. The number of carboxylic acid groups (broad SMARTS) is 1. The molecule has 0 spiro atoms. The normalized spacial score (nSPS) is 15.9. The van der Waals surface area contributed by atoms with E-state index >= 15 is 0 Å². The van der Waals surface area contributed by atoms with Crippen LogP contribution in [0.25, 0.3) is 10.9 Å². The van der Waals surface area contributed by atoms with Crippen LogP contribution in [0, 0.1) is 5.92 Å². The Hall–Kier alpha value is -3.81. The Morgan fingerprint density at radius 2 is 1.87 bits per heavy atom. The molecule has 1 aromatic heterocycles. The minimum atomic E-state index is -5.08. The highest BCUT2D eigenvalue weighted by atomic mass is 35.5. The highest BCUT2D eigenvalue weighted by Crippen LogP contribution is 2.35. The smallest absolute Gasteiger partial charge is 0.475 e. The van der Waals surface area contributed by atoms with Gasteiger partial charge in [0.05, 0.1) is 6.61 Å². The summed E-state index contributed by atoms with van der Waals surface area (Å²) in [5.74, 6) is -2.93. The molecule has 2 aromatic carbocycles. The van der Waals surface area contributed by atoms with Crippen molar-refractivity contribution in [2.24, 2.45) is 5.92 Å². The van der Waals surface area contributed by atoms with E-state index in [9.17, 15) is 22.8 Å². The highest BCUT2D eigenvalue weighted by molar-refractivity contribution is 6.30. The van der Waals surface area contributed by atoms with E-state index in [1.54, 1.807) is 12.0 Å². The van der Waals surface area contributed by atoms with Crippen LogP contribution in [0.4, 0.5) is 23.7 Å². The molecule has 4 rings (SSSR count). The number of aliphatic carboxylic acids is 1. The van der Waals surface area contributed by atoms with E-state index in [2.05, 4.69) is 15.2 Å². The van der Waals surface area contributed by atoms with Gasteiger partial charge in [0.2, 0.25) is 5.91 Å². The average Bonchev–Trinajstić information content (AvgIpc) is 3.43. The number of para-hydroxylation sites is 1. The summed E-state index contributed by atoms with van der Waals surface area (Å²) >= 11 is 6.36. The number of fused-ring (bicyclic) bond motifs is 2. The van der Waals surface area contributed by atoms with Gasteiger partial charge in [0.1, 0.15) is 6.04 Å². The van der Waals surface area contributed by atoms with Crippen LogP contribution in [0.15, 0.2) is 48.7 Å². The van der Waals surface area contributed by atoms with Crippen molar-refractivity contribution >= 4 is 46.1 Å². The Balaban J connectivity index is 0.000000738. The lowest BCUT2D eigenvalue weighted by Gasteiger charge is -2.39. The Labute approximate surface area is 271 Å². The first-order valence-electron chi connectivity index (χ1n) is 14.8. The monoisotopic (exact) mass is 667 g/mol. The number of methoxy groups -OCH3 is 1. The average molecular weight is 668 g/mol. The summed E-state index contributed by atoms with van der Waals surface area (Å²) in [6.07, 6.45) is -2.30. The van der Waals surface area contributed by atoms with Gasteiger partial charge in [-0.2, -0.15) is 13.2 Å². The zero-order valence-corrected chi connectivity index (χ0v) is 27.3. The molecule has 3 aromatic rings. The van der Waals surface area contributed by atoms with Crippen molar-refractivity contribution in [3.05, 3.63) is 64.8 Å². The number of nitrogens with one attached hydrogen (secondary N) is 2. The maximum Gasteiger partial charge on any atom is 0.490 e. The second kappa shape index (κ2) is 16.1. The molecule has 1 aliphatic rings. The van der Waals surface area contributed by atoms with E-state index in [1.165, 1.54) is 0 Å². The van der Waals surface area contributed by atoms with Crippen molar-refractivity contribution in [2.45, 2.75) is 38.4 Å². The number of hydrogen-bond donors (Lipinski definition) is 3. The topological polar surface area (TPSA) is 118 Å². The number of halogens is 4. The minimum Gasteiger partial charge on any atom is -0.475 e. The van der Waals surface area contributed by atoms with Crippen LogP contribution in [0.2, 0.25) is 5.02 Å². The lowest BCUT2D eigenvalue weighted by atomic mass is 9.88. The zero-order chi connectivity index (χ0) is 34.2. The van der Waals surface area contributed by atoms with Gasteiger partial charge in [-0.1, -0.05) is 36.7 Å². The summed E-state index contributed by atoms with van der Waals surface area (Å²) in [5, 5.41) is 11.9. The van der Waals surface area contributed by atoms with Crippen molar-refractivity contribution in [1.82, 2.24) is 20.1 Å². The molecule has 0 bridgehead atoms. The molecule has 0 saturated heterocycles. The van der Waals surface area contributed by atoms with Gasteiger partial charge in [0.15, 0.2) is 0 Å². The number of aromatic amines is 1. The molecule has 1 aliphatic heterocycles. The Bertz CT molecular complexity index is 1500. The number of carbonyl (C=O) groups is 3. The van der Waals surface area contributed by atoms with E-state index in [1.807, 2.05) is 81.5 Å². The standard InChI is InChI=1S/C30H40ClN5O3.C2HF3O2/c1-6-35(13-14-39-5)30(38)33-28(20(2)25-17-32-26-10-8-7-9-24(25)26)29(37)36-19-21(18-34(3)4)15-22-16-23(31)11-12-27(22)36;3-2(4,5)1(6)7/h7-12,16-17,20-21,28,32H,6,13-15,18-19H2,1-5H3,(H,33,38);(H,6,7)/t20?,21-,28?;/m1./s1. The maximum atomic E-state index is 14.5. The van der Waals surface area contributed by atoms with Crippen LogP contribution in [0.5, 0.6) is 0 Å². The summed E-state index contributed by atoms with van der Waals surface area (Å²) in [5.41, 5.74) is 3.89. The lowest BCUT2D eigenvalue weighted by molar-refractivity contribution is -0.192. The van der Waals surface area contributed by atoms with Crippen LogP contribution >= 0.6 is 11.6 Å². The van der Waals surface area contributed by atoms with Gasteiger partial charge >= 0.3 is 18.2 Å². The van der Waals surface area contributed by atoms with E-state index in [0.717, 1.165) is 40.7 Å². The number of rotatable bonds is 10. The Morgan fingerprint density at radius 1 is 1.20 bits per heavy atom. The second-order valence-electron chi connectivity index (χ2n) is 11.4. The molecule has 0 aliphatic carbocycles. The van der Waals surface area contributed by atoms with Gasteiger partial charge in [-0.05, 0) is 68.8 Å². The van der Waals surface area contributed by atoms with Crippen molar-refractivity contribution in [3.63, 3.8) is 0 Å². The van der Waals surface area contributed by atoms with E-state index < -0.39 is 18.2 Å². The van der Waals surface area contributed by atoms with Crippen molar-refractivity contribution < 1.29 is 37.4 Å². The van der Waals surface area contributed by atoms with Gasteiger partial charge in [-0.15, -0.1) is 0 Å². The molecule has 3 atom stereocenters. The van der Waals surface area contributed by atoms with Gasteiger partial charge in [-0.25, -0.2) is 9.59 Å². The fourth-order valence-corrected chi connectivity index (χ4v) is 5.80. The molecular formula is C32H41ClF3N5O5. The summed E-state index contributed by atoms with van der Waals surface area (Å²) < 4.78 is 36.9. The van der Waals surface area contributed by atoms with Gasteiger partial charge < -0.3 is 34.8 Å². The number of urea groups is 1. The fourth-order valence-electron chi connectivity index (χ4n) is 5.61. The molecule has 2 unspecified atom stereocenters. The summed E-state index contributed by atoms with van der Waals surface area (Å²) in [6.45, 7) is 6.71. The molecule has 252 valence electrons. The molecule has 3 amide bonds. The largest absolute Gasteiger partial charge is 0.490 e. The van der Waals surface area contributed by atoms with E-state index in [-0.39, 0.29) is 23.8 Å². The number of hydrogen-bond acceptors (Lipinski definition) is 5. The molecule has 14 heteroatoms. The van der Waals surface area contributed by atoms with E-state index in [4.69, 9.17) is 26.2 Å². The van der Waals surface area contributed by atoms with Gasteiger partial charge in [-0.3, -0.25) is 4.79 Å². The lowest BCUT2D eigenvalue weighted by Crippen LogP contribution is -2.56. The predicted octanol–water partition coefficient (Wildman–Crippen LogP) is 5.37. The highest BCUT2D eigenvalue weighted by Gasteiger charge is 2.39. The van der Waals surface area contributed by atoms with Crippen molar-refractivity contribution in [3.8, 4) is 0 Å². The Morgan fingerprint density at radius 3 is 2.48 bits per heavy atom. The summed E-state index contributed by atoms with van der Waals surface area (Å²) in [7, 11) is 5.70. The molecule has 0 radical (unpaired) electrons. The third-order valence-electron chi connectivity index (χ3n) is 7.80. The van der Waals surface area contributed by atoms with Crippen LogP contribution < -0.4 is 10.2 Å². The zero-order valence-electron chi connectivity index (χ0n) is 26.5. The fraction of sp³-hybridized carbons (Fsp3) is 0.469.